The maximum absolute atomic E-state index is 13.9. The Bertz CT molecular complexity index is 1150. The SMILES string of the molecule is COc1ccc2c(c1)NC1(CCN(C(=O)Nc3ccc(F)cc3F)CC1)c1cccn1-2. The number of carbonyl (C=O) groups excluding carboxylic acids is 1. The fourth-order valence-corrected chi connectivity index (χ4v) is 4.51. The van der Waals surface area contributed by atoms with Crippen molar-refractivity contribution in [3.05, 3.63) is 72.1 Å². The molecule has 0 saturated carbocycles. The van der Waals surface area contributed by atoms with E-state index in [0.717, 1.165) is 35.0 Å². The zero-order chi connectivity index (χ0) is 21.6. The number of ether oxygens (including phenoxy) is 1. The van der Waals surface area contributed by atoms with E-state index < -0.39 is 17.7 Å². The molecule has 6 nitrogen and oxygen atoms in total. The fourth-order valence-electron chi connectivity index (χ4n) is 4.51. The van der Waals surface area contributed by atoms with Crippen LogP contribution in [0.25, 0.3) is 5.69 Å². The van der Waals surface area contributed by atoms with Crippen molar-refractivity contribution in [2.45, 2.75) is 18.4 Å². The van der Waals surface area contributed by atoms with Crippen molar-refractivity contribution in [3.8, 4) is 11.4 Å². The first kappa shape index (κ1) is 19.4. The molecule has 1 fully saturated rings. The summed E-state index contributed by atoms with van der Waals surface area (Å²) in [6.45, 7) is 0.984. The number of methoxy groups -OCH3 is 1. The van der Waals surface area contributed by atoms with Crippen LogP contribution in [0.15, 0.2) is 54.7 Å². The summed E-state index contributed by atoms with van der Waals surface area (Å²) in [5.41, 5.74) is 2.83. The van der Waals surface area contributed by atoms with Gasteiger partial charge in [0.1, 0.15) is 17.4 Å². The van der Waals surface area contributed by atoms with Crippen LogP contribution in [-0.4, -0.2) is 35.7 Å². The summed E-state index contributed by atoms with van der Waals surface area (Å²) in [4.78, 5) is 14.3. The van der Waals surface area contributed by atoms with Crippen molar-refractivity contribution in [1.82, 2.24) is 9.47 Å². The largest absolute Gasteiger partial charge is 0.497 e. The number of hydrogen-bond acceptors (Lipinski definition) is 3. The van der Waals surface area contributed by atoms with Gasteiger partial charge in [-0.3, -0.25) is 0 Å². The number of nitrogens with one attached hydrogen (secondary N) is 2. The summed E-state index contributed by atoms with van der Waals surface area (Å²) >= 11 is 0. The topological polar surface area (TPSA) is 58.5 Å². The van der Waals surface area contributed by atoms with Gasteiger partial charge in [-0.15, -0.1) is 0 Å². The highest BCUT2D eigenvalue weighted by atomic mass is 19.1. The van der Waals surface area contributed by atoms with Crippen LogP contribution in [0.3, 0.4) is 0 Å². The molecule has 31 heavy (non-hydrogen) atoms. The van der Waals surface area contributed by atoms with Crippen LogP contribution >= 0.6 is 0 Å². The molecular formula is C23H22F2N4O2. The summed E-state index contributed by atoms with van der Waals surface area (Å²) in [5.74, 6) is -0.701. The number of rotatable bonds is 2. The number of urea groups is 1. The Balaban J connectivity index is 1.35. The van der Waals surface area contributed by atoms with Gasteiger partial charge in [-0.25, -0.2) is 13.6 Å². The third kappa shape index (κ3) is 3.28. The van der Waals surface area contributed by atoms with Gasteiger partial charge in [-0.05, 0) is 49.2 Å². The minimum absolute atomic E-state index is 0.0302. The van der Waals surface area contributed by atoms with Gasteiger partial charge < -0.3 is 24.8 Å². The van der Waals surface area contributed by atoms with Crippen LogP contribution in [-0.2, 0) is 5.54 Å². The molecule has 2 aliphatic rings. The number of halogens is 2. The van der Waals surface area contributed by atoms with E-state index in [-0.39, 0.29) is 11.2 Å². The molecule has 0 radical (unpaired) electrons. The molecule has 1 saturated heterocycles. The van der Waals surface area contributed by atoms with Crippen LogP contribution < -0.4 is 15.4 Å². The van der Waals surface area contributed by atoms with E-state index in [1.165, 1.54) is 6.07 Å². The monoisotopic (exact) mass is 424 g/mol. The Morgan fingerprint density at radius 2 is 1.94 bits per heavy atom. The minimum atomic E-state index is -0.792. The summed E-state index contributed by atoms with van der Waals surface area (Å²) in [6, 6.07) is 12.8. The smallest absolute Gasteiger partial charge is 0.321 e. The first-order chi connectivity index (χ1) is 15.0. The Kier molecular flexibility index (Phi) is 4.57. The molecule has 2 N–H and O–H groups in total. The van der Waals surface area contributed by atoms with Crippen molar-refractivity contribution < 1.29 is 18.3 Å². The van der Waals surface area contributed by atoms with E-state index in [0.29, 0.717) is 25.9 Å². The lowest BCUT2D eigenvalue weighted by atomic mass is 9.82. The van der Waals surface area contributed by atoms with Crippen LogP contribution in [0.5, 0.6) is 5.75 Å². The highest BCUT2D eigenvalue weighted by Crippen LogP contribution is 2.44. The van der Waals surface area contributed by atoms with Crippen LogP contribution in [0.1, 0.15) is 18.5 Å². The molecule has 0 atom stereocenters. The van der Waals surface area contributed by atoms with E-state index in [9.17, 15) is 13.6 Å². The lowest BCUT2D eigenvalue weighted by Gasteiger charge is -2.46. The molecule has 2 aliphatic heterocycles. The third-order valence-electron chi connectivity index (χ3n) is 6.15. The number of aromatic nitrogens is 1. The van der Waals surface area contributed by atoms with E-state index in [1.807, 2.05) is 30.5 Å². The van der Waals surface area contributed by atoms with Crippen LogP contribution in [0, 0.1) is 11.6 Å². The standard InChI is InChI=1S/C23H22F2N4O2/c1-31-16-5-7-20-19(14-16)27-23(21-3-2-10-29(20)21)8-11-28(12-9-23)22(30)26-18-6-4-15(24)13-17(18)25/h2-7,10,13-14,27H,8-9,11-12H2,1H3,(H,26,30). The first-order valence-electron chi connectivity index (χ1n) is 10.1. The third-order valence-corrected chi connectivity index (χ3v) is 6.15. The molecule has 1 aromatic heterocycles. The normalized spacial score (nSPS) is 16.3. The molecule has 160 valence electrons. The van der Waals surface area contributed by atoms with Gasteiger partial charge >= 0.3 is 6.03 Å². The molecule has 0 unspecified atom stereocenters. The molecule has 0 bridgehead atoms. The number of piperidine rings is 1. The molecule has 8 heteroatoms. The van der Waals surface area contributed by atoms with Crippen molar-refractivity contribution in [2.24, 2.45) is 0 Å². The lowest BCUT2D eigenvalue weighted by Crippen LogP contribution is -2.51. The number of amides is 2. The average molecular weight is 424 g/mol. The van der Waals surface area contributed by atoms with Gasteiger partial charge in [0.2, 0.25) is 0 Å². The van der Waals surface area contributed by atoms with Crippen molar-refractivity contribution >= 4 is 17.4 Å². The Labute approximate surface area is 178 Å². The number of anilines is 2. The predicted octanol–water partition coefficient (Wildman–Crippen LogP) is 4.71. The van der Waals surface area contributed by atoms with Gasteiger partial charge in [-0.1, -0.05) is 0 Å². The molecule has 3 heterocycles. The minimum Gasteiger partial charge on any atom is -0.497 e. The van der Waals surface area contributed by atoms with Gasteiger partial charge in [0, 0.05) is 37.1 Å². The maximum atomic E-state index is 13.9. The molecule has 2 amide bonds. The van der Waals surface area contributed by atoms with E-state index in [1.54, 1.807) is 12.0 Å². The van der Waals surface area contributed by atoms with Gasteiger partial charge in [0.15, 0.2) is 0 Å². The quantitative estimate of drug-likeness (QED) is 0.626. The van der Waals surface area contributed by atoms with Crippen LogP contribution in [0.2, 0.25) is 0 Å². The number of nitrogens with zero attached hydrogens (tertiary/aromatic N) is 2. The number of likely N-dealkylation sites (tertiary alicyclic amines) is 1. The summed E-state index contributed by atoms with van der Waals surface area (Å²) in [7, 11) is 1.64. The van der Waals surface area contributed by atoms with Crippen LogP contribution in [0.4, 0.5) is 25.0 Å². The van der Waals surface area contributed by atoms with Crippen molar-refractivity contribution in [1.29, 1.82) is 0 Å². The highest BCUT2D eigenvalue weighted by Gasteiger charge is 2.42. The van der Waals surface area contributed by atoms with Gasteiger partial charge in [0.25, 0.3) is 0 Å². The fraction of sp³-hybridized carbons (Fsp3) is 0.261. The van der Waals surface area contributed by atoms with E-state index in [2.05, 4.69) is 21.3 Å². The average Bonchev–Trinajstić information content (AvgIpc) is 3.27. The maximum Gasteiger partial charge on any atom is 0.321 e. The van der Waals surface area contributed by atoms with E-state index >= 15 is 0 Å². The Hall–Kier alpha value is -3.55. The molecule has 2 aromatic carbocycles. The van der Waals surface area contributed by atoms with Gasteiger partial charge in [-0.2, -0.15) is 0 Å². The van der Waals surface area contributed by atoms with Gasteiger partial charge in [0.05, 0.1) is 29.7 Å². The Morgan fingerprint density at radius 3 is 2.68 bits per heavy atom. The molecular weight excluding hydrogens is 402 g/mol. The number of benzene rings is 2. The second kappa shape index (κ2) is 7.30. The summed E-state index contributed by atoms with van der Waals surface area (Å²) in [6.07, 6.45) is 3.42. The second-order valence-corrected chi connectivity index (χ2v) is 7.89. The summed E-state index contributed by atoms with van der Waals surface area (Å²) < 4.78 is 34.6. The first-order valence-corrected chi connectivity index (χ1v) is 10.1. The number of carbonyl (C=O) groups is 1. The molecule has 0 aliphatic carbocycles. The molecule has 5 rings (SSSR count). The summed E-state index contributed by atoms with van der Waals surface area (Å²) in [5, 5.41) is 6.24. The zero-order valence-electron chi connectivity index (χ0n) is 17.0. The zero-order valence-corrected chi connectivity index (χ0v) is 17.0. The highest BCUT2D eigenvalue weighted by molar-refractivity contribution is 5.89. The Morgan fingerprint density at radius 1 is 1.13 bits per heavy atom. The number of fused-ring (bicyclic) bond motifs is 4. The number of hydrogen-bond donors (Lipinski definition) is 2. The molecule has 1 spiro atoms. The van der Waals surface area contributed by atoms with E-state index in [4.69, 9.17) is 4.74 Å². The van der Waals surface area contributed by atoms with Crippen molar-refractivity contribution in [2.75, 3.05) is 30.8 Å². The second-order valence-electron chi connectivity index (χ2n) is 7.89. The molecule has 3 aromatic rings. The van der Waals surface area contributed by atoms with Crippen molar-refractivity contribution in [3.63, 3.8) is 0 Å². The lowest BCUT2D eigenvalue weighted by molar-refractivity contribution is 0.174. The predicted molar refractivity (Wildman–Crippen MR) is 114 cm³/mol.